The van der Waals surface area contributed by atoms with Crippen LogP contribution in [0.1, 0.15) is 17.2 Å². The minimum absolute atomic E-state index is 0.0607. The van der Waals surface area contributed by atoms with Crippen molar-refractivity contribution < 1.29 is 4.39 Å². The van der Waals surface area contributed by atoms with E-state index in [1.165, 1.54) is 11.6 Å². The number of nitrogens with two attached hydrogens (primary N) is 1. The Bertz CT molecular complexity index is 588. The van der Waals surface area contributed by atoms with Crippen LogP contribution in [0.3, 0.4) is 0 Å². The number of halogens is 3. The summed E-state index contributed by atoms with van der Waals surface area (Å²) in [5.41, 5.74) is 8.15. The lowest BCUT2D eigenvalue weighted by Gasteiger charge is -2.27. The van der Waals surface area contributed by atoms with Gasteiger partial charge in [0.1, 0.15) is 5.82 Å². The SMILES string of the molecule is CN(Cc1csc(Br)c1)C(CN)c1ccc(F)c(Br)c1. The van der Waals surface area contributed by atoms with Crippen LogP contribution in [-0.2, 0) is 6.54 Å². The molecular formula is C14H15Br2FN2S. The van der Waals surface area contributed by atoms with Crippen molar-refractivity contribution in [1.29, 1.82) is 0 Å². The van der Waals surface area contributed by atoms with Crippen molar-refractivity contribution in [2.75, 3.05) is 13.6 Å². The summed E-state index contributed by atoms with van der Waals surface area (Å²) in [4.78, 5) is 2.17. The number of rotatable bonds is 5. The topological polar surface area (TPSA) is 29.3 Å². The molecule has 0 amide bonds. The van der Waals surface area contributed by atoms with E-state index in [0.717, 1.165) is 15.9 Å². The highest BCUT2D eigenvalue weighted by Gasteiger charge is 2.17. The fourth-order valence-electron chi connectivity index (χ4n) is 2.12. The Balaban J connectivity index is 2.16. The van der Waals surface area contributed by atoms with E-state index in [1.54, 1.807) is 23.5 Å². The molecule has 0 spiro atoms. The zero-order valence-corrected chi connectivity index (χ0v) is 14.9. The molecule has 0 bridgehead atoms. The van der Waals surface area contributed by atoms with Crippen LogP contribution < -0.4 is 5.73 Å². The smallest absolute Gasteiger partial charge is 0.137 e. The van der Waals surface area contributed by atoms with Crippen molar-refractivity contribution in [1.82, 2.24) is 4.90 Å². The van der Waals surface area contributed by atoms with Gasteiger partial charge in [0.2, 0.25) is 0 Å². The molecule has 1 aromatic carbocycles. The number of likely N-dealkylation sites (N-methyl/N-ethyl adjacent to an activating group) is 1. The van der Waals surface area contributed by atoms with Gasteiger partial charge >= 0.3 is 0 Å². The van der Waals surface area contributed by atoms with Crippen LogP contribution >= 0.6 is 43.2 Å². The quantitative estimate of drug-likeness (QED) is 0.767. The van der Waals surface area contributed by atoms with Gasteiger partial charge in [-0.05, 0) is 73.6 Å². The average molecular weight is 422 g/mol. The molecule has 0 saturated carbocycles. The minimum Gasteiger partial charge on any atom is -0.329 e. The lowest BCUT2D eigenvalue weighted by molar-refractivity contribution is 0.242. The Kier molecular flexibility index (Phi) is 5.74. The van der Waals surface area contributed by atoms with E-state index < -0.39 is 0 Å². The number of nitrogens with zero attached hydrogens (tertiary/aromatic N) is 1. The second-order valence-electron chi connectivity index (χ2n) is 4.60. The number of hydrogen-bond acceptors (Lipinski definition) is 3. The first-order valence-corrected chi connectivity index (χ1v) is 8.56. The largest absolute Gasteiger partial charge is 0.329 e. The Hall–Kier alpha value is -0.270. The molecule has 0 aliphatic heterocycles. The van der Waals surface area contributed by atoms with Crippen molar-refractivity contribution in [2.45, 2.75) is 12.6 Å². The third kappa shape index (κ3) is 3.89. The molecule has 0 fully saturated rings. The summed E-state index contributed by atoms with van der Waals surface area (Å²) in [5.74, 6) is -0.256. The Morgan fingerprint density at radius 1 is 1.35 bits per heavy atom. The molecule has 0 aliphatic rings. The average Bonchev–Trinajstić information content (AvgIpc) is 2.80. The maximum Gasteiger partial charge on any atom is 0.137 e. The summed E-state index contributed by atoms with van der Waals surface area (Å²) < 4.78 is 14.9. The van der Waals surface area contributed by atoms with Crippen LogP contribution in [0.25, 0.3) is 0 Å². The zero-order chi connectivity index (χ0) is 14.7. The maximum atomic E-state index is 13.3. The Labute approximate surface area is 139 Å². The van der Waals surface area contributed by atoms with Crippen molar-refractivity contribution in [3.8, 4) is 0 Å². The number of benzene rings is 1. The van der Waals surface area contributed by atoms with Crippen LogP contribution in [-0.4, -0.2) is 18.5 Å². The third-order valence-corrected chi connectivity index (χ3v) is 5.30. The predicted molar refractivity (Wildman–Crippen MR) is 89.4 cm³/mol. The molecule has 0 saturated heterocycles. The van der Waals surface area contributed by atoms with E-state index in [0.29, 0.717) is 11.0 Å². The number of hydrogen-bond donors (Lipinski definition) is 1. The second-order valence-corrected chi connectivity index (χ2v) is 7.74. The minimum atomic E-state index is -0.256. The molecule has 1 heterocycles. The van der Waals surface area contributed by atoms with Gasteiger partial charge in [0.05, 0.1) is 8.26 Å². The summed E-state index contributed by atoms with van der Waals surface area (Å²) in [6.45, 7) is 1.29. The van der Waals surface area contributed by atoms with E-state index >= 15 is 0 Å². The number of thiophene rings is 1. The van der Waals surface area contributed by atoms with E-state index in [2.05, 4.69) is 48.2 Å². The van der Waals surface area contributed by atoms with Crippen LogP contribution in [0.4, 0.5) is 4.39 Å². The predicted octanol–water partition coefficient (Wildman–Crippen LogP) is 4.54. The Morgan fingerprint density at radius 3 is 2.65 bits per heavy atom. The molecule has 2 nitrogen and oxygen atoms in total. The summed E-state index contributed by atoms with van der Waals surface area (Å²) in [6.07, 6.45) is 0. The highest BCUT2D eigenvalue weighted by molar-refractivity contribution is 9.11. The van der Waals surface area contributed by atoms with Gasteiger partial charge in [0.15, 0.2) is 0 Å². The van der Waals surface area contributed by atoms with Crippen LogP contribution in [0.5, 0.6) is 0 Å². The van der Waals surface area contributed by atoms with Crippen LogP contribution in [0.2, 0.25) is 0 Å². The molecule has 20 heavy (non-hydrogen) atoms. The summed E-state index contributed by atoms with van der Waals surface area (Å²) in [7, 11) is 2.03. The van der Waals surface area contributed by atoms with E-state index in [-0.39, 0.29) is 11.9 Å². The molecule has 0 aliphatic carbocycles. The van der Waals surface area contributed by atoms with Crippen molar-refractivity contribution in [3.05, 3.63) is 54.8 Å². The molecule has 1 atom stereocenters. The van der Waals surface area contributed by atoms with Crippen molar-refractivity contribution in [2.24, 2.45) is 5.73 Å². The van der Waals surface area contributed by atoms with Crippen LogP contribution in [0.15, 0.2) is 37.9 Å². The monoisotopic (exact) mass is 420 g/mol. The normalized spacial score (nSPS) is 12.9. The summed E-state index contributed by atoms with van der Waals surface area (Å²) in [5, 5.41) is 2.12. The second kappa shape index (κ2) is 7.13. The fraction of sp³-hybridized carbons (Fsp3) is 0.286. The highest BCUT2D eigenvalue weighted by Crippen LogP contribution is 2.27. The van der Waals surface area contributed by atoms with Gasteiger partial charge < -0.3 is 5.73 Å². The van der Waals surface area contributed by atoms with Crippen molar-refractivity contribution >= 4 is 43.2 Å². The third-order valence-electron chi connectivity index (χ3n) is 3.14. The first-order chi connectivity index (χ1) is 9.51. The Morgan fingerprint density at radius 2 is 2.10 bits per heavy atom. The first kappa shape index (κ1) is 16.1. The molecule has 6 heteroatoms. The molecule has 108 valence electrons. The first-order valence-electron chi connectivity index (χ1n) is 6.09. The van der Waals surface area contributed by atoms with E-state index in [1.807, 2.05) is 7.05 Å². The molecule has 2 rings (SSSR count). The van der Waals surface area contributed by atoms with Gasteiger partial charge in [0.25, 0.3) is 0 Å². The van der Waals surface area contributed by atoms with E-state index in [4.69, 9.17) is 5.73 Å². The highest BCUT2D eigenvalue weighted by atomic mass is 79.9. The molecule has 2 N–H and O–H groups in total. The van der Waals surface area contributed by atoms with Crippen molar-refractivity contribution in [3.63, 3.8) is 0 Å². The summed E-state index contributed by atoms with van der Waals surface area (Å²) >= 11 is 8.36. The van der Waals surface area contributed by atoms with Gasteiger partial charge in [-0.1, -0.05) is 6.07 Å². The maximum absolute atomic E-state index is 13.3. The molecule has 0 radical (unpaired) electrons. The van der Waals surface area contributed by atoms with Gasteiger partial charge in [0, 0.05) is 19.1 Å². The van der Waals surface area contributed by atoms with Gasteiger partial charge in [-0.15, -0.1) is 11.3 Å². The van der Waals surface area contributed by atoms with E-state index in [9.17, 15) is 4.39 Å². The standard InChI is InChI=1S/C14H15Br2FN2S/c1-19(7-9-4-14(16)20-8-9)13(6-18)10-2-3-12(17)11(15)5-10/h2-5,8,13H,6-7,18H2,1H3. The zero-order valence-electron chi connectivity index (χ0n) is 10.9. The van der Waals surface area contributed by atoms with Crippen LogP contribution in [0, 0.1) is 5.82 Å². The summed E-state index contributed by atoms with van der Waals surface area (Å²) in [6, 6.07) is 7.22. The van der Waals surface area contributed by atoms with Gasteiger partial charge in [-0.3, -0.25) is 4.90 Å². The lowest BCUT2D eigenvalue weighted by atomic mass is 10.1. The molecule has 1 unspecified atom stereocenters. The fourth-order valence-corrected chi connectivity index (χ4v) is 3.71. The lowest BCUT2D eigenvalue weighted by Crippen LogP contribution is -2.30. The molecule has 2 aromatic rings. The van der Waals surface area contributed by atoms with Gasteiger partial charge in [-0.25, -0.2) is 4.39 Å². The molecular weight excluding hydrogens is 407 g/mol. The molecule has 1 aromatic heterocycles. The van der Waals surface area contributed by atoms with Gasteiger partial charge in [-0.2, -0.15) is 0 Å².